The minimum Gasteiger partial charge on any atom is -0.343 e. The topological polar surface area (TPSA) is 40.6 Å². The Morgan fingerprint density at radius 2 is 1.70 bits per heavy atom. The Balaban J connectivity index is 1.98. The van der Waals surface area contributed by atoms with E-state index in [9.17, 15) is 9.59 Å². The molecule has 0 N–H and O–H groups in total. The van der Waals surface area contributed by atoms with Gasteiger partial charge in [0.1, 0.15) is 0 Å². The Bertz CT molecular complexity index is 831. The molecule has 1 aliphatic rings. The van der Waals surface area contributed by atoms with Gasteiger partial charge in [0.25, 0.3) is 0 Å². The van der Waals surface area contributed by atoms with Crippen LogP contribution in [0.2, 0.25) is 0 Å². The van der Waals surface area contributed by atoms with Crippen molar-refractivity contribution in [1.29, 1.82) is 0 Å². The maximum atomic E-state index is 13.4. The van der Waals surface area contributed by atoms with Gasteiger partial charge >= 0.3 is 0 Å². The molecule has 0 aromatic heterocycles. The molecule has 1 heterocycles. The molecule has 1 aliphatic heterocycles. The number of rotatable bonds is 6. The highest BCUT2D eigenvalue weighted by atomic mass is 16.2. The highest BCUT2D eigenvalue weighted by Gasteiger charge is 2.49. The van der Waals surface area contributed by atoms with E-state index in [0.29, 0.717) is 19.3 Å². The number of para-hydroxylation sites is 1. The van der Waals surface area contributed by atoms with E-state index in [4.69, 9.17) is 0 Å². The van der Waals surface area contributed by atoms with Crippen molar-refractivity contribution in [3.05, 3.63) is 65.7 Å². The van der Waals surface area contributed by atoms with Crippen LogP contribution in [0.15, 0.2) is 54.6 Å². The Kier molecular flexibility index (Phi) is 5.36. The molecule has 2 aromatic carbocycles. The van der Waals surface area contributed by atoms with Gasteiger partial charge in [-0.3, -0.25) is 9.59 Å². The van der Waals surface area contributed by atoms with Gasteiger partial charge in [-0.25, -0.2) is 0 Å². The molecule has 3 rings (SSSR count). The zero-order chi connectivity index (χ0) is 19.6. The number of carbonyl (C=O) groups is 2. The Morgan fingerprint density at radius 1 is 1.07 bits per heavy atom. The smallest absolute Gasteiger partial charge is 0.237 e. The van der Waals surface area contributed by atoms with Crippen molar-refractivity contribution in [3.63, 3.8) is 0 Å². The zero-order valence-electron chi connectivity index (χ0n) is 16.6. The molecule has 1 atom stereocenters. The SMILES string of the molecule is CC(C)N(C)C(=O)CC[C@]1(Cc2ccccc2)C(=O)N(C)c2ccccc21. The minimum atomic E-state index is -0.694. The van der Waals surface area contributed by atoms with Crippen LogP contribution in [0.1, 0.15) is 37.8 Å². The van der Waals surface area contributed by atoms with Crippen LogP contribution in [0.5, 0.6) is 0 Å². The second-order valence-corrected chi connectivity index (χ2v) is 7.72. The van der Waals surface area contributed by atoms with Gasteiger partial charge in [0.2, 0.25) is 11.8 Å². The molecule has 4 heteroatoms. The van der Waals surface area contributed by atoms with Gasteiger partial charge in [-0.1, -0.05) is 48.5 Å². The molecule has 0 fully saturated rings. The molecular weight excluding hydrogens is 336 g/mol. The van der Waals surface area contributed by atoms with Gasteiger partial charge < -0.3 is 9.80 Å². The monoisotopic (exact) mass is 364 g/mol. The van der Waals surface area contributed by atoms with Gasteiger partial charge in [0.05, 0.1) is 5.41 Å². The molecule has 0 saturated heterocycles. The summed E-state index contributed by atoms with van der Waals surface area (Å²) in [4.78, 5) is 29.5. The normalized spacial score (nSPS) is 18.7. The quantitative estimate of drug-likeness (QED) is 0.782. The van der Waals surface area contributed by atoms with E-state index in [-0.39, 0.29) is 17.9 Å². The molecule has 0 unspecified atom stereocenters. The van der Waals surface area contributed by atoms with Crippen molar-refractivity contribution in [2.24, 2.45) is 0 Å². The van der Waals surface area contributed by atoms with Crippen LogP contribution >= 0.6 is 0 Å². The standard InChI is InChI=1S/C23H28N2O2/c1-17(2)24(3)21(26)14-15-23(16-18-10-6-5-7-11-18)19-12-8-9-13-20(19)25(4)22(23)27/h5-13,17H,14-16H2,1-4H3/t23-/m1/s1. The number of nitrogens with zero attached hydrogens (tertiary/aromatic N) is 2. The van der Waals surface area contributed by atoms with Crippen molar-refractivity contribution in [1.82, 2.24) is 4.90 Å². The van der Waals surface area contributed by atoms with E-state index >= 15 is 0 Å². The van der Waals surface area contributed by atoms with Crippen molar-refractivity contribution in [2.75, 3.05) is 19.0 Å². The molecule has 2 amide bonds. The van der Waals surface area contributed by atoms with Gasteiger partial charge in [-0.15, -0.1) is 0 Å². The first-order valence-electron chi connectivity index (χ1n) is 9.54. The van der Waals surface area contributed by atoms with E-state index in [2.05, 4.69) is 12.1 Å². The van der Waals surface area contributed by atoms with Crippen LogP contribution in [0, 0.1) is 0 Å². The van der Waals surface area contributed by atoms with E-state index in [1.54, 1.807) is 9.80 Å². The van der Waals surface area contributed by atoms with Crippen LogP contribution in [-0.2, 0) is 21.4 Å². The van der Waals surface area contributed by atoms with Crippen molar-refractivity contribution >= 4 is 17.5 Å². The summed E-state index contributed by atoms with van der Waals surface area (Å²) < 4.78 is 0. The molecule has 2 aromatic rings. The molecular formula is C23H28N2O2. The third-order valence-electron chi connectivity index (χ3n) is 5.78. The Labute approximate surface area is 161 Å². The first kappa shape index (κ1) is 19.2. The lowest BCUT2D eigenvalue weighted by molar-refractivity contribution is -0.132. The summed E-state index contributed by atoms with van der Waals surface area (Å²) in [5, 5.41) is 0. The maximum Gasteiger partial charge on any atom is 0.237 e. The molecule has 142 valence electrons. The maximum absolute atomic E-state index is 13.4. The second kappa shape index (κ2) is 7.55. The average Bonchev–Trinajstić information content (AvgIpc) is 2.89. The number of hydrogen-bond acceptors (Lipinski definition) is 2. The number of fused-ring (bicyclic) bond motifs is 1. The highest BCUT2D eigenvalue weighted by molar-refractivity contribution is 6.08. The molecule has 0 spiro atoms. The third-order valence-corrected chi connectivity index (χ3v) is 5.78. The van der Waals surface area contributed by atoms with Crippen molar-refractivity contribution < 1.29 is 9.59 Å². The third kappa shape index (κ3) is 3.48. The van der Waals surface area contributed by atoms with Crippen LogP contribution in [0.25, 0.3) is 0 Å². The van der Waals surface area contributed by atoms with Gasteiger partial charge in [0, 0.05) is 32.2 Å². The van der Waals surface area contributed by atoms with Gasteiger partial charge in [-0.05, 0) is 43.9 Å². The summed E-state index contributed by atoms with van der Waals surface area (Å²) in [6.45, 7) is 4.00. The first-order chi connectivity index (χ1) is 12.9. The van der Waals surface area contributed by atoms with Crippen LogP contribution in [0.4, 0.5) is 5.69 Å². The lowest BCUT2D eigenvalue weighted by Crippen LogP contribution is -2.42. The summed E-state index contributed by atoms with van der Waals surface area (Å²) >= 11 is 0. The van der Waals surface area contributed by atoms with Gasteiger partial charge in [0.15, 0.2) is 0 Å². The van der Waals surface area contributed by atoms with Crippen LogP contribution in [-0.4, -0.2) is 36.9 Å². The molecule has 4 nitrogen and oxygen atoms in total. The second-order valence-electron chi connectivity index (χ2n) is 7.72. The summed E-state index contributed by atoms with van der Waals surface area (Å²) in [5.74, 6) is 0.157. The number of hydrogen-bond donors (Lipinski definition) is 0. The van der Waals surface area contributed by atoms with Crippen molar-refractivity contribution in [2.45, 2.75) is 44.6 Å². The highest BCUT2D eigenvalue weighted by Crippen LogP contribution is 2.46. The summed E-state index contributed by atoms with van der Waals surface area (Å²) in [6, 6.07) is 18.2. The number of amides is 2. The van der Waals surface area contributed by atoms with Crippen molar-refractivity contribution in [3.8, 4) is 0 Å². The fraction of sp³-hybridized carbons (Fsp3) is 0.391. The fourth-order valence-corrected chi connectivity index (χ4v) is 3.95. The predicted molar refractivity (Wildman–Crippen MR) is 109 cm³/mol. The number of benzene rings is 2. The van der Waals surface area contributed by atoms with Crippen LogP contribution in [0.3, 0.4) is 0 Å². The summed E-state index contributed by atoms with van der Waals surface area (Å²) in [6.07, 6.45) is 1.47. The van der Waals surface area contributed by atoms with E-state index in [1.165, 1.54) is 0 Å². The summed E-state index contributed by atoms with van der Waals surface area (Å²) in [5.41, 5.74) is 2.39. The van der Waals surface area contributed by atoms with E-state index in [0.717, 1.165) is 16.8 Å². The molecule has 0 bridgehead atoms. The minimum absolute atomic E-state index is 0.0764. The first-order valence-corrected chi connectivity index (χ1v) is 9.54. The predicted octanol–water partition coefficient (Wildman–Crippen LogP) is 3.79. The van der Waals surface area contributed by atoms with Gasteiger partial charge in [-0.2, -0.15) is 0 Å². The van der Waals surface area contributed by atoms with E-state index < -0.39 is 5.41 Å². The molecule has 0 saturated carbocycles. The lowest BCUT2D eigenvalue weighted by atomic mass is 9.73. The average molecular weight is 364 g/mol. The summed E-state index contributed by atoms with van der Waals surface area (Å²) in [7, 11) is 3.66. The lowest BCUT2D eigenvalue weighted by Gasteiger charge is -2.30. The molecule has 0 aliphatic carbocycles. The van der Waals surface area contributed by atoms with Crippen LogP contribution < -0.4 is 4.90 Å². The Morgan fingerprint density at radius 3 is 2.37 bits per heavy atom. The zero-order valence-corrected chi connectivity index (χ0v) is 16.6. The molecule has 0 radical (unpaired) electrons. The largest absolute Gasteiger partial charge is 0.343 e. The molecule has 27 heavy (non-hydrogen) atoms. The number of likely N-dealkylation sites (N-methyl/N-ethyl adjacent to an activating group) is 1. The number of carbonyl (C=O) groups excluding carboxylic acids is 2. The Hall–Kier alpha value is -2.62. The van der Waals surface area contributed by atoms with E-state index in [1.807, 2.05) is 70.4 Å². The number of anilines is 1. The fourth-order valence-electron chi connectivity index (χ4n) is 3.95.